The van der Waals surface area contributed by atoms with E-state index in [-0.39, 0.29) is 0 Å². The molecule has 0 aliphatic rings. The zero-order valence-electron chi connectivity index (χ0n) is 13.7. The number of methoxy groups -OCH3 is 1. The standard InChI is InChI=1S/C18H19N5O/c1-13-5-3-4-6-16(13)21-18-22-17(12-20-23-18)19-11-14-7-9-15(24-2)10-8-14/h3-10,12H,11H2,1-2H3,(H2,19,21,22,23). The monoisotopic (exact) mass is 321 g/mol. The van der Waals surface area contributed by atoms with Crippen LogP contribution >= 0.6 is 0 Å². The number of rotatable bonds is 6. The van der Waals surface area contributed by atoms with Gasteiger partial charge in [0.15, 0.2) is 5.82 Å². The van der Waals surface area contributed by atoms with Crippen LogP contribution in [0.5, 0.6) is 5.75 Å². The maximum Gasteiger partial charge on any atom is 0.249 e. The first-order valence-corrected chi connectivity index (χ1v) is 7.64. The van der Waals surface area contributed by atoms with E-state index in [1.165, 1.54) is 0 Å². The van der Waals surface area contributed by atoms with Gasteiger partial charge in [-0.1, -0.05) is 30.3 Å². The van der Waals surface area contributed by atoms with E-state index in [9.17, 15) is 0 Å². The van der Waals surface area contributed by atoms with Gasteiger partial charge in [-0.3, -0.25) is 0 Å². The van der Waals surface area contributed by atoms with Gasteiger partial charge in [0.1, 0.15) is 5.75 Å². The fourth-order valence-electron chi connectivity index (χ4n) is 2.21. The molecule has 0 unspecified atom stereocenters. The Morgan fingerprint density at radius 3 is 2.58 bits per heavy atom. The van der Waals surface area contributed by atoms with E-state index in [1.54, 1.807) is 13.3 Å². The molecule has 0 spiro atoms. The van der Waals surface area contributed by atoms with Crippen molar-refractivity contribution in [1.82, 2.24) is 15.2 Å². The van der Waals surface area contributed by atoms with Crippen molar-refractivity contribution >= 4 is 17.5 Å². The van der Waals surface area contributed by atoms with Crippen molar-refractivity contribution in [3.8, 4) is 5.75 Å². The predicted octanol–water partition coefficient (Wildman–Crippen LogP) is 3.54. The number of nitrogens with zero attached hydrogens (tertiary/aromatic N) is 3. The first-order valence-electron chi connectivity index (χ1n) is 7.64. The second-order valence-corrected chi connectivity index (χ2v) is 5.31. The summed E-state index contributed by atoms with van der Waals surface area (Å²) in [5, 5.41) is 14.4. The summed E-state index contributed by atoms with van der Waals surface area (Å²) >= 11 is 0. The maximum absolute atomic E-state index is 5.15. The van der Waals surface area contributed by atoms with Crippen LogP contribution in [-0.4, -0.2) is 22.3 Å². The Morgan fingerprint density at radius 1 is 1.04 bits per heavy atom. The van der Waals surface area contributed by atoms with Crippen molar-refractivity contribution in [3.63, 3.8) is 0 Å². The molecule has 0 atom stereocenters. The van der Waals surface area contributed by atoms with E-state index in [0.29, 0.717) is 18.3 Å². The molecule has 122 valence electrons. The van der Waals surface area contributed by atoms with Gasteiger partial charge in [-0.05, 0) is 36.2 Å². The summed E-state index contributed by atoms with van der Waals surface area (Å²) in [7, 11) is 1.66. The van der Waals surface area contributed by atoms with Crippen LogP contribution in [0.15, 0.2) is 54.7 Å². The van der Waals surface area contributed by atoms with Crippen LogP contribution in [0.4, 0.5) is 17.5 Å². The largest absolute Gasteiger partial charge is 0.497 e. The van der Waals surface area contributed by atoms with Gasteiger partial charge in [0, 0.05) is 12.2 Å². The number of hydrogen-bond donors (Lipinski definition) is 2. The lowest BCUT2D eigenvalue weighted by Gasteiger charge is -2.09. The number of aromatic nitrogens is 3. The molecule has 0 aliphatic heterocycles. The van der Waals surface area contributed by atoms with Crippen LogP contribution in [0, 0.1) is 6.92 Å². The summed E-state index contributed by atoms with van der Waals surface area (Å²) in [6, 6.07) is 15.8. The van der Waals surface area contributed by atoms with E-state index in [4.69, 9.17) is 4.74 Å². The summed E-state index contributed by atoms with van der Waals surface area (Å²) in [5.74, 6) is 1.97. The second kappa shape index (κ2) is 7.41. The van der Waals surface area contributed by atoms with Crippen LogP contribution in [0.25, 0.3) is 0 Å². The summed E-state index contributed by atoms with van der Waals surface area (Å²) in [4.78, 5) is 4.44. The van der Waals surface area contributed by atoms with Crippen molar-refractivity contribution in [1.29, 1.82) is 0 Å². The van der Waals surface area contributed by atoms with Gasteiger partial charge in [0.2, 0.25) is 5.95 Å². The zero-order valence-corrected chi connectivity index (χ0v) is 13.7. The number of benzene rings is 2. The van der Waals surface area contributed by atoms with Gasteiger partial charge < -0.3 is 15.4 Å². The Bertz CT molecular complexity index is 805. The molecule has 0 fully saturated rings. The maximum atomic E-state index is 5.15. The van der Waals surface area contributed by atoms with Gasteiger partial charge in [0.05, 0.1) is 13.3 Å². The average molecular weight is 321 g/mol. The molecule has 1 heterocycles. The Kier molecular flexibility index (Phi) is 4.86. The van der Waals surface area contributed by atoms with E-state index in [0.717, 1.165) is 22.6 Å². The minimum atomic E-state index is 0.462. The van der Waals surface area contributed by atoms with E-state index in [2.05, 4.69) is 25.8 Å². The normalized spacial score (nSPS) is 10.2. The van der Waals surface area contributed by atoms with Crippen molar-refractivity contribution < 1.29 is 4.74 Å². The summed E-state index contributed by atoms with van der Waals surface area (Å²) < 4.78 is 5.15. The number of para-hydroxylation sites is 1. The number of ether oxygens (including phenoxy) is 1. The molecule has 3 aromatic rings. The van der Waals surface area contributed by atoms with Crippen molar-refractivity contribution in [2.24, 2.45) is 0 Å². The lowest BCUT2D eigenvalue weighted by atomic mass is 10.2. The number of hydrogen-bond acceptors (Lipinski definition) is 6. The second-order valence-electron chi connectivity index (χ2n) is 5.31. The Hall–Kier alpha value is -3.15. The third-order valence-electron chi connectivity index (χ3n) is 3.58. The quantitative estimate of drug-likeness (QED) is 0.723. The van der Waals surface area contributed by atoms with Crippen molar-refractivity contribution in [2.75, 3.05) is 17.7 Å². The third kappa shape index (κ3) is 3.98. The van der Waals surface area contributed by atoms with Crippen molar-refractivity contribution in [3.05, 3.63) is 65.9 Å². The zero-order chi connectivity index (χ0) is 16.8. The Morgan fingerprint density at radius 2 is 1.83 bits per heavy atom. The number of aryl methyl sites for hydroxylation is 1. The van der Waals surface area contributed by atoms with Gasteiger partial charge >= 0.3 is 0 Å². The van der Waals surface area contributed by atoms with Gasteiger partial charge in [-0.2, -0.15) is 10.1 Å². The SMILES string of the molecule is COc1ccc(CNc2cnnc(Nc3ccccc3C)n2)cc1. The molecule has 3 rings (SSSR count). The molecule has 2 aromatic carbocycles. The minimum absolute atomic E-state index is 0.462. The summed E-state index contributed by atoms with van der Waals surface area (Å²) in [6.45, 7) is 2.67. The molecule has 0 radical (unpaired) electrons. The van der Waals surface area contributed by atoms with E-state index >= 15 is 0 Å². The fraction of sp³-hybridized carbons (Fsp3) is 0.167. The number of anilines is 3. The van der Waals surface area contributed by atoms with Crippen LogP contribution in [-0.2, 0) is 6.54 Å². The molecule has 0 saturated heterocycles. The summed E-state index contributed by atoms with van der Waals surface area (Å²) in [5.41, 5.74) is 3.21. The highest BCUT2D eigenvalue weighted by Crippen LogP contribution is 2.18. The summed E-state index contributed by atoms with van der Waals surface area (Å²) in [6.07, 6.45) is 1.60. The Balaban J connectivity index is 1.65. The first-order chi connectivity index (χ1) is 11.7. The molecule has 0 amide bonds. The van der Waals surface area contributed by atoms with Gasteiger partial charge in [0.25, 0.3) is 0 Å². The fourth-order valence-corrected chi connectivity index (χ4v) is 2.21. The molecule has 1 aromatic heterocycles. The molecule has 2 N–H and O–H groups in total. The smallest absolute Gasteiger partial charge is 0.249 e. The average Bonchev–Trinajstić information content (AvgIpc) is 2.63. The molecule has 0 bridgehead atoms. The highest BCUT2D eigenvalue weighted by molar-refractivity contribution is 5.58. The third-order valence-corrected chi connectivity index (χ3v) is 3.58. The molecule has 6 nitrogen and oxygen atoms in total. The molecule has 24 heavy (non-hydrogen) atoms. The molecule has 6 heteroatoms. The number of nitrogens with one attached hydrogen (secondary N) is 2. The molecular formula is C18H19N5O. The molecular weight excluding hydrogens is 302 g/mol. The van der Waals surface area contributed by atoms with Crippen LogP contribution in [0.2, 0.25) is 0 Å². The van der Waals surface area contributed by atoms with Crippen LogP contribution in [0.3, 0.4) is 0 Å². The lowest BCUT2D eigenvalue weighted by Crippen LogP contribution is -2.06. The molecule has 0 aliphatic carbocycles. The van der Waals surface area contributed by atoms with E-state index < -0.39 is 0 Å². The minimum Gasteiger partial charge on any atom is -0.497 e. The van der Waals surface area contributed by atoms with Crippen LogP contribution in [0.1, 0.15) is 11.1 Å². The molecule has 0 saturated carbocycles. The van der Waals surface area contributed by atoms with Gasteiger partial charge in [-0.25, -0.2) is 0 Å². The predicted molar refractivity (Wildman–Crippen MR) is 94.6 cm³/mol. The Labute approximate surface area is 140 Å². The topological polar surface area (TPSA) is 72.0 Å². The van der Waals surface area contributed by atoms with E-state index in [1.807, 2.05) is 55.5 Å². The van der Waals surface area contributed by atoms with Crippen LogP contribution < -0.4 is 15.4 Å². The highest BCUT2D eigenvalue weighted by Gasteiger charge is 2.03. The highest BCUT2D eigenvalue weighted by atomic mass is 16.5. The van der Waals surface area contributed by atoms with Crippen molar-refractivity contribution in [2.45, 2.75) is 13.5 Å². The van der Waals surface area contributed by atoms with Gasteiger partial charge in [-0.15, -0.1) is 5.10 Å². The lowest BCUT2D eigenvalue weighted by molar-refractivity contribution is 0.414. The first kappa shape index (κ1) is 15.7.